The van der Waals surface area contributed by atoms with E-state index in [2.05, 4.69) is 18.3 Å². The first-order valence-corrected chi connectivity index (χ1v) is 11.1. The zero-order chi connectivity index (χ0) is 23.7. The zero-order valence-corrected chi connectivity index (χ0v) is 19.2. The molecular weight excluding hydrogens is 408 g/mol. The molecule has 0 aromatic heterocycles. The number of para-hydroxylation sites is 1. The first-order valence-electron chi connectivity index (χ1n) is 11.1. The highest BCUT2D eigenvalue weighted by Gasteiger charge is 2.42. The van der Waals surface area contributed by atoms with Crippen molar-refractivity contribution in [1.29, 1.82) is 0 Å². The number of aryl methyl sites for hydroxylation is 2. The van der Waals surface area contributed by atoms with Gasteiger partial charge in [0.25, 0.3) is 5.91 Å². The quantitative estimate of drug-likeness (QED) is 0.462. The molecule has 0 saturated carbocycles. The minimum atomic E-state index is -1.83. The molecule has 0 aliphatic carbocycles. The van der Waals surface area contributed by atoms with Crippen LogP contribution in [0.25, 0.3) is 0 Å². The van der Waals surface area contributed by atoms with E-state index in [4.69, 9.17) is 15.0 Å². The molecule has 32 heavy (non-hydrogen) atoms. The number of nitrogens with zero attached hydrogens (tertiary/aromatic N) is 1. The predicted octanol–water partition coefficient (Wildman–Crippen LogP) is 5.15. The van der Waals surface area contributed by atoms with Gasteiger partial charge in [0.15, 0.2) is 6.04 Å². The number of benzene rings is 2. The number of hydrogen-bond acceptors (Lipinski definition) is 3. The van der Waals surface area contributed by atoms with E-state index in [1.807, 2.05) is 44.2 Å². The van der Waals surface area contributed by atoms with Crippen LogP contribution in [0.5, 0.6) is 5.75 Å². The van der Waals surface area contributed by atoms with Gasteiger partial charge < -0.3 is 25.1 Å². The number of aromatic hydroxyl groups is 1. The maximum atomic E-state index is 13.4. The third-order valence-electron chi connectivity index (χ3n) is 6.19. The number of phenolic OH excluding ortho intramolecular Hbond substituents is 1. The van der Waals surface area contributed by atoms with Crippen LogP contribution in [0.1, 0.15) is 49.3 Å². The Hall–Kier alpha value is -3.06. The Kier molecular flexibility index (Phi) is 9.08. The van der Waals surface area contributed by atoms with Gasteiger partial charge in [-0.25, -0.2) is 4.79 Å². The fourth-order valence-electron chi connectivity index (χ4n) is 4.78. The van der Waals surface area contributed by atoms with Gasteiger partial charge in [0.2, 0.25) is 0 Å². The summed E-state index contributed by atoms with van der Waals surface area (Å²) in [6, 6.07) is 13.5. The van der Waals surface area contributed by atoms with Gasteiger partial charge in [-0.05, 0) is 56.4 Å². The summed E-state index contributed by atoms with van der Waals surface area (Å²) in [5.41, 5.74) is 4.24. The van der Waals surface area contributed by atoms with E-state index in [1.165, 1.54) is 6.42 Å². The average molecular weight is 444 g/mol. The Morgan fingerprint density at radius 1 is 1.00 bits per heavy atom. The Bertz CT molecular complexity index is 898. The minimum Gasteiger partial charge on any atom is -0.508 e. The topological polar surface area (TPSA) is 107 Å². The average Bonchev–Trinajstić information content (AvgIpc) is 2.71. The lowest BCUT2D eigenvalue weighted by Gasteiger charge is -2.46. The fourth-order valence-corrected chi connectivity index (χ4v) is 4.78. The van der Waals surface area contributed by atoms with Crippen LogP contribution in [0.15, 0.2) is 42.5 Å². The zero-order valence-electron chi connectivity index (χ0n) is 19.2. The summed E-state index contributed by atoms with van der Waals surface area (Å²) < 4.78 is 0.775. The second-order valence-corrected chi connectivity index (χ2v) is 8.52. The number of amides is 1. The van der Waals surface area contributed by atoms with Gasteiger partial charge in [0.1, 0.15) is 12.3 Å². The molecular formula is C25H35N2O5+. The van der Waals surface area contributed by atoms with Crippen LogP contribution >= 0.6 is 0 Å². The molecule has 0 radical (unpaired) electrons. The molecule has 2 aromatic carbocycles. The van der Waals surface area contributed by atoms with Crippen molar-refractivity contribution in [2.45, 2.75) is 59.0 Å². The number of quaternary nitrogens is 1. The number of anilines is 1. The molecule has 174 valence electrons. The molecule has 0 spiro atoms. The Balaban J connectivity index is 0.000000837. The smallest absolute Gasteiger partial charge is 0.503 e. The fraction of sp³-hybridized carbons (Fsp3) is 0.440. The normalized spacial score (nSPS) is 15.7. The molecule has 1 aliphatic rings. The van der Waals surface area contributed by atoms with Gasteiger partial charge in [0, 0.05) is 17.7 Å². The van der Waals surface area contributed by atoms with Crippen LogP contribution in [-0.4, -0.2) is 51.0 Å². The summed E-state index contributed by atoms with van der Waals surface area (Å²) in [4.78, 5) is 22.0. The highest BCUT2D eigenvalue weighted by atomic mass is 16.6. The molecule has 0 bridgehead atoms. The summed E-state index contributed by atoms with van der Waals surface area (Å²) in [5, 5.41) is 27.1. The summed E-state index contributed by atoms with van der Waals surface area (Å²) in [6.45, 7) is 9.00. The largest absolute Gasteiger partial charge is 0.508 e. The Morgan fingerprint density at radius 2 is 1.56 bits per heavy atom. The van der Waals surface area contributed by atoms with Crippen molar-refractivity contribution >= 4 is 17.7 Å². The van der Waals surface area contributed by atoms with Gasteiger partial charge in [-0.1, -0.05) is 37.3 Å². The molecule has 1 fully saturated rings. The molecule has 1 aliphatic heterocycles. The highest BCUT2D eigenvalue weighted by molar-refractivity contribution is 5.95. The van der Waals surface area contributed by atoms with Crippen molar-refractivity contribution in [3.05, 3.63) is 59.2 Å². The van der Waals surface area contributed by atoms with Crippen LogP contribution in [0.4, 0.5) is 10.5 Å². The Labute approximate surface area is 189 Å². The molecule has 2 aromatic rings. The van der Waals surface area contributed by atoms with E-state index in [0.29, 0.717) is 5.75 Å². The van der Waals surface area contributed by atoms with Gasteiger partial charge in [0.05, 0.1) is 13.1 Å². The number of phenols is 1. The van der Waals surface area contributed by atoms with E-state index >= 15 is 0 Å². The standard InChI is InChI=1S/C24H32N2O2.CH2O3/c1-4-22(24(28)25-23-18(2)10-8-11-19(23)3)26(14-6-5-7-15-26)17-20-12-9-13-21(27)16-20;2-1(3)4/h8-13,16,22H,4-7,14-15,17H2,1-3H3,(H-,25,27,28);(H2,2,3,4)/p+1. The van der Waals surface area contributed by atoms with Crippen LogP contribution in [0.2, 0.25) is 0 Å². The number of hydrogen-bond donors (Lipinski definition) is 4. The van der Waals surface area contributed by atoms with Crippen molar-refractivity contribution in [2.75, 3.05) is 18.4 Å². The minimum absolute atomic E-state index is 0.0957. The molecule has 1 saturated heterocycles. The van der Waals surface area contributed by atoms with Gasteiger partial charge in [-0.3, -0.25) is 4.79 Å². The lowest BCUT2D eigenvalue weighted by Crippen LogP contribution is -2.61. The summed E-state index contributed by atoms with van der Waals surface area (Å²) in [7, 11) is 0. The molecule has 7 heteroatoms. The first kappa shape index (κ1) is 25.2. The SMILES string of the molecule is CCC(C(=O)Nc1c(C)cccc1C)[N+]1(Cc2cccc(O)c2)CCCCC1.O=C(O)O. The molecule has 1 unspecified atom stereocenters. The number of carboxylic acid groups (broad SMARTS) is 2. The summed E-state index contributed by atoms with van der Waals surface area (Å²) >= 11 is 0. The summed E-state index contributed by atoms with van der Waals surface area (Å²) in [6.07, 6.45) is 2.49. The Morgan fingerprint density at radius 3 is 2.09 bits per heavy atom. The summed E-state index contributed by atoms with van der Waals surface area (Å²) in [5.74, 6) is 0.405. The molecule has 1 heterocycles. The molecule has 1 atom stereocenters. The number of piperidine rings is 1. The van der Waals surface area contributed by atoms with Crippen LogP contribution < -0.4 is 5.32 Å². The van der Waals surface area contributed by atoms with Crippen molar-refractivity contribution in [2.24, 2.45) is 0 Å². The van der Waals surface area contributed by atoms with Crippen molar-refractivity contribution in [1.82, 2.24) is 0 Å². The maximum Gasteiger partial charge on any atom is 0.503 e. The number of carbonyl (C=O) groups excluding carboxylic acids is 1. The van der Waals surface area contributed by atoms with Crippen molar-refractivity contribution in [3.8, 4) is 5.75 Å². The monoisotopic (exact) mass is 443 g/mol. The third kappa shape index (κ3) is 6.72. The van der Waals surface area contributed by atoms with Crippen LogP contribution in [-0.2, 0) is 11.3 Å². The van der Waals surface area contributed by atoms with Crippen molar-refractivity contribution < 1.29 is 29.4 Å². The highest BCUT2D eigenvalue weighted by Crippen LogP contribution is 2.30. The van der Waals surface area contributed by atoms with Gasteiger partial charge >= 0.3 is 6.16 Å². The molecule has 1 amide bonds. The van der Waals surface area contributed by atoms with Crippen LogP contribution in [0.3, 0.4) is 0 Å². The second kappa shape index (κ2) is 11.5. The number of carbonyl (C=O) groups is 2. The number of nitrogens with one attached hydrogen (secondary N) is 1. The molecule has 3 rings (SSSR count). The number of rotatable bonds is 6. The predicted molar refractivity (Wildman–Crippen MR) is 125 cm³/mol. The number of likely N-dealkylation sites (tertiary alicyclic amines) is 1. The van der Waals surface area contributed by atoms with E-state index < -0.39 is 6.16 Å². The van der Waals surface area contributed by atoms with E-state index in [-0.39, 0.29) is 11.9 Å². The van der Waals surface area contributed by atoms with E-state index in [0.717, 1.165) is 65.8 Å². The lowest BCUT2D eigenvalue weighted by atomic mass is 9.98. The third-order valence-corrected chi connectivity index (χ3v) is 6.19. The van der Waals surface area contributed by atoms with Crippen molar-refractivity contribution in [3.63, 3.8) is 0 Å². The maximum absolute atomic E-state index is 13.4. The van der Waals surface area contributed by atoms with E-state index in [9.17, 15) is 9.90 Å². The lowest BCUT2D eigenvalue weighted by molar-refractivity contribution is -0.959. The van der Waals surface area contributed by atoms with Gasteiger partial charge in [-0.15, -0.1) is 0 Å². The molecule has 4 N–H and O–H groups in total. The van der Waals surface area contributed by atoms with E-state index in [1.54, 1.807) is 6.07 Å². The second-order valence-electron chi connectivity index (χ2n) is 8.52. The first-order chi connectivity index (χ1) is 15.2. The molecule has 7 nitrogen and oxygen atoms in total. The van der Waals surface area contributed by atoms with Gasteiger partial charge in [-0.2, -0.15) is 0 Å². The van der Waals surface area contributed by atoms with Crippen LogP contribution in [0, 0.1) is 13.8 Å².